The summed E-state index contributed by atoms with van der Waals surface area (Å²) >= 11 is 5.63. The highest BCUT2D eigenvalue weighted by Gasteiger charge is 2.28. The summed E-state index contributed by atoms with van der Waals surface area (Å²) in [5, 5.41) is 18.2. The molecule has 0 fully saturated rings. The van der Waals surface area contributed by atoms with Crippen LogP contribution in [0.4, 0.5) is 0 Å². The smallest absolute Gasteiger partial charge is 0.340 e. The number of carbonyl (C=O) groups is 1. The summed E-state index contributed by atoms with van der Waals surface area (Å²) in [6, 6.07) is 1.27. The van der Waals surface area contributed by atoms with Crippen LogP contribution in [0.1, 0.15) is 15.9 Å². The molecule has 1 heterocycles. The second-order valence-electron chi connectivity index (χ2n) is 2.67. The molecule has 2 N–H and O–H groups in total. The molecule has 0 unspecified atom stereocenters. The molecule has 0 aliphatic carbocycles. The number of benzene rings is 1. The van der Waals surface area contributed by atoms with Gasteiger partial charge >= 0.3 is 5.97 Å². The number of esters is 1. The summed E-state index contributed by atoms with van der Waals surface area (Å²) in [6.45, 7) is 0.0850. The van der Waals surface area contributed by atoms with E-state index in [4.69, 9.17) is 16.7 Å². The Kier molecular flexibility index (Phi) is 1.60. The fourth-order valence-electron chi connectivity index (χ4n) is 1.23. The summed E-state index contributed by atoms with van der Waals surface area (Å²) in [5.74, 6) is -1.41. The van der Waals surface area contributed by atoms with Crippen LogP contribution in [0.3, 0.4) is 0 Å². The first-order valence-corrected chi connectivity index (χ1v) is 3.89. The van der Waals surface area contributed by atoms with Crippen LogP contribution in [0.5, 0.6) is 11.5 Å². The highest BCUT2D eigenvalue weighted by molar-refractivity contribution is 6.35. The number of rotatable bonds is 0. The molecule has 5 heteroatoms. The molecule has 1 aliphatic rings. The van der Waals surface area contributed by atoms with Crippen LogP contribution < -0.4 is 0 Å². The minimum Gasteiger partial charge on any atom is -0.504 e. The number of hydrogen-bond acceptors (Lipinski definition) is 4. The largest absolute Gasteiger partial charge is 0.504 e. The van der Waals surface area contributed by atoms with E-state index in [-0.39, 0.29) is 22.9 Å². The van der Waals surface area contributed by atoms with Gasteiger partial charge in [-0.15, -0.1) is 0 Å². The highest BCUT2D eigenvalue weighted by Crippen LogP contribution is 2.40. The molecule has 0 saturated carbocycles. The lowest BCUT2D eigenvalue weighted by molar-refractivity contribution is 0.0535. The maximum absolute atomic E-state index is 11.1. The van der Waals surface area contributed by atoms with E-state index in [2.05, 4.69) is 4.74 Å². The van der Waals surface area contributed by atoms with Crippen molar-refractivity contribution in [2.75, 3.05) is 0 Å². The Hall–Kier alpha value is -1.42. The van der Waals surface area contributed by atoms with E-state index in [9.17, 15) is 9.90 Å². The van der Waals surface area contributed by atoms with Crippen molar-refractivity contribution in [2.45, 2.75) is 6.61 Å². The van der Waals surface area contributed by atoms with Gasteiger partial charge in [-0.05, 0) is 6.07 Å². The van der Waals surface area contributed by atoms with Gasteiger partial charge in [0.25, 0.3) is 0 Å². The molecular weight excluding hydrogens is 196 g/mol. The topological polar surface area (TPSA) is 66.8 Å². The first kappa shape index (κ1) is 8.19. The molecule has 0 saturated heterocycles. The van der Waals surface area contributed by atoms with Crippen molar-refractivity contribution in [3.8, 4) is 11.5 Å². The molecule has 13 heavy (non-hydrogen) atoms. The molecule has 1 aromatic carbocycles. The third-order valence-corrected chi connectivity index (χ3v) is 2.23. The SMILES string of the molecule is O=C1OCc2cc(O)c(O)c(Cl)c21. The molecule has 1 aromatic rings. The maximum atomic E-state index is 11.1. The van der Waals surface area contributed by atoms with Crippen LogP contribution in [0.25, 0.3) is 0 Å². The van der Waals surface area contributed by atoms with Crippen molar-refractivity contribution in [2.24, 2.45) is 0 Å². The average molecular weight is 201 g/mol. The fourth-order valence-corrected chi connectivity index (χ4v) is 1.52. The van der Waals surface area contributed by atoms with E-state index < -0.39 is 11.7 Å². The summed E-state index contributed by atoms with van der Waals surface area (Å²) in [4.78, 5) is 11.1. The molecule has 4 nitrogen and oxygen atoms in total. The van der Waals surface area contributed by atoms with Crippen molar-refractivity contribution in [1.29, 1.82) is 0 Å². The van der Waals surface area contributed by atoms with Crippen LogP contribution in [0, 0.1) is 0 Å². The summed E-state index contributed by atoms with van der Waals surface area (Å²) in [5.41, 5.74) is 0.627. The molecular formula is C8H5ClO4. The number of hydrogen-bond donors (Lipinski definition) is 2. The number of phenolic OH excluding ortho intramolecular Hbond substituents is 2. The van der Waals surface area contributed by atoms with E-state index in [1.807, 2.05) is 0 Å². The Morgan fingerprint density at radius 2 is 2.15 bits per heavy atom. The van der Waals surface area contributed by atoms with Gasteiger partial charge in [0, 0.05) is 5.56 Å². The second kappa shape index (κ2) is 2.53. The first-order chi connectivity index (χ1) is 6.11. The van der Waals surface area contributed by atoms with Crippen LogP contribution in [0.15, 0.2) is 6.07 Å². The minimum absolute atomic E-state index is 0.0850. The Balaban J connectivity index is 2.75. The normalized spacial score (nSPS) is 14.1. The standard InChI is InChI=1S/C8H5ClO4/c9-6-5-3(2-13-8(5)12)1-4(10)7(6)11/h1,10-11H,2H2. The van der Waals surface area contributed by atoms with Crippen molar-refractivity contribution in [1.82, 2.24) is 0 Å². The quantitative estimate of drug-likeness (QED) is 0.491. The van der Waals surface area contributed by atoms with Gasteiger partial charge < -0.3 is 14.9 Å². The second-order valence-corrected chi connectivity index (χ2v) is 3.05. The molecule has 0 spiro atoms. The van der Waals surface area contributed by atoms with Gasteiger partial charge in [0.2, 0.25) is 0 Å². The van der Waals surface area contributed by atoms with Crippen LogP contribution in [0.2, 0.25) is 5.02 Å². The minimum atomic E-state index is -0.574. The van der Waals surface area contributed by atoms with Crippen molar-refractivity contribution < 1.29 is 19.7 Å². The van der Waals surface area contributed by atoms with Gasteiger partial charge in [0.05, 0.1) is 5.56 Å². The zero-order valence-corrected chi connectivity index (χ0v) is 7.13. The monoisotopic (exact) mass is 200 g/mol. The summed E-state index contributed by atoms with van der Waals surface area (Å²) < 4.78 is 4.67. The number of cyclic esters (lactones) is 1. The van der Waals surface area contributed by atoms with Gasteiger partial charge in [-0.2, -0.15) is 0 Å². The van der Waals surface area contributed by atoms with Gasteiger partial charge in [0.1, 0.15) is 11.6 Å². The number of phenols is 2. The molecule has 0 amide bonds. The molecule has 0 atom stereocenters. The number of halogens is 1. The number of fused-ring (bicyclic) bond motifs is 1. The predicted molar refractivity (Wildman–Crippen MR) is 43.9 cm³/mol. The van der Waals surface area contributed by atoms with Gasteiger partial charge in [-0.1, -0.05) is 11.6 Å². The lowest BCUT2D eigenvalue weighted by atomic mass is 10.1. The lowest BCUT2D eigenvalue weighted by Gasteiger charge is -2.02. The molecule has 0 bridgehead atoms. The van der Waals surface area contributed by atoms with Gasteiger partial charge in [-0.25, -0.2) is 4.79 Å². The average Bonchev–Trinajstić information content (AvgIpc) is 2.43. The Morgan fingerprint density at radius 3 is 2.85 bits per heavy atom. The van der Waals surface area contributed by atoms with Crippen LogP contribution in [-0.2, 0) is 11.3 Å². The Morgan fingerprint density at radius 1 is 1.46 bits per heavy atom. The molecule has 0 aromatic heterocycles. The first-order valence-electron chi connectivity index (χ1n) is 3.51. The zero-order chi connectivity index (χ0) is 9.59. The predicted octanol–water partition coefficient (Wildman–Crippen LogP) is 1.42. The third-order valence-electron chi connectivity index (χ3n) is 1.86. The molecule has 0 radical (unpaired) electrons. The number of aromatic hydroxyl groups is 2. The van der Waals surface area contributed by atoms with Crippen molar-refractivity contribution in [3.05, 3.63) is 22.2 Å². The third kappa shape index (κ3) is 1.02. The van der Waals surface area contributed by atoms with E-state index in [0.29, 0.717) is 5.56 Å². The van der Waals surface area contributed by atoms with E-state index >= 15 is 0 Å². The lowest BCUT2D eigenvalue weighted by Crippen LogP contribution is -1.94. The molecule has 68 valence electrons. The summed E-state index contributed by atoms with van der Waals surface area (Å²) in [6.07, 6.45) is 0. The van der Waals surface area contributed by atoms with Crippen LogP contribution in [-0.4, -0.2) is 16.2 Å². The number of carbonyl (C=O) groups excluding carboxylic acids is 1. The van der Waals surface area contributed by atoms with E-state index in [1.54, 1.807) is 0 Å². The summed E-state index contributed by atoms with van der Waals surface area (Å²) in [7, 11) is 0. The van der Waals surface area contributed by atoms with E-state index in [1.165, 1.54) is 6.07 Å². The fraction of sp³-hybridized carbons (Fsp3) is 0.125. The zero-order valence-electron chi connectivity index (χ0n) is 6.37. The van der Waals surface area contributed by atoms with Gasteiger partial charge in [-0.3, -0.25) is 0 Å². The molecule has 1 aliphatic heterocycles. The number of ether oxygens (including phenoxy) is 1. The Bertz CT molecular complexity index is 400. The maximum Gasteiger partial charge on any atom is 0.340 e. The molecule has 2 rings (SSSR count). The van der Waals surface area contributed by atoms with Crippen LogP contribution >= 0.6 is 11.6 Å². The van der Waals surface area contributed by atoms with E-state index in [0.717, 1.165) is 0 Å². The van der Waals surface area contributed by atoms with Gasteiger partial charge in [0.15, 0.2) is 11.5 Å². The Labute approximate surface area is 78.3 Å². The highest BCUT2D eigenvalue weighted by atomic mass is 35.5. The van der Waals surface area contributed by atoms with Crippen molar-refractivity contribution in [3.63, 3.8) is 0 Å². The van der Waals surface area contributed by atoms with Crippen molar-refractivity contribution >= 4 is 17.6 Å².